The molecule has 2 aromatic carbocycles. The monoisotopic (exact) mass is 374 g/mol. The quantitative estimate of drug-likeness (QED) is 0.715. The van der Waals surface area contributed by atoms with E-state index in [1.165, 1.54) is 6.42 Å². The Morgan fingerprint density at radius 2 is 1.82 bits per heavy atom. The normalized spacial score (nSPS) is 17.0. The Morgan fingerprint density at radius 3 is 2.54 bits per heavy atom. The summed E-state index contributed by atoms with van der Waals surface area (Å²) in [6.07, 6.45) is 4.18. The maximum absolute atomic E-state index is 13.1. The summed E-state index contributed by atoms with van der Waals surface area (Å²) in [4.78, 5) is 15.5. The molecule has 5 nitrogen and oxygen atoms in total. The molecule has 1 saturated heterocycles. The molecule has 0 bridgehead atoms. The van der Waals surface area contributed by atoms with Crippen molar-refractivity contribution in [2.24, 2.45) is 0 Å². The van der Waals surface area contributed by atoms with Crippen molar-refractivity contribution in [3.05, 3.63) is 72.4 Å². The third-order valence-electron chi connectivity index (χ3n) is 5.43. The Kier molecular flexibility index (Phi) is 5.53. The van der Waals surface area contributed by atoms with Crippen LogP contribution in [0.2, 0.25) is 0 Å². The van der Waals surface area contributed by atoms with Crippen LogP contribution in [0.3, 0.4) is 0 Å². The summed E-state index contributed by atoms with van der Waals surface area (Å²) in [6, 6.07) is 20.2. The van der Waals surface area contributed by atoms with Crippen molar-refractivity contribution in [1.29, 1.82) is 0 Å². The zero-order valence-electron chi connectivity index (χ0n) is 16.2. The average molecular weight is 374 g/mol. The molecular formula is C23H26N4O. The molecule has 144 valence electrons. The van der Waals surface area contributed by atoms with Gasteiger partial charge in [-0.2, -0.15) is 5.10 Å². The van der Waals surface area contributed by atoms with Gasteiger partial charge in [-0.25, -0.2) is 4.68 Å². The van der Waals surface area contributed by atoms with Crippen molar-refractivity contribution in [3.63, 3.8) is 0 Å². The van der Waals surface area contributed by atoms with Gasteiger partial charge in [0.25, 0.3) is 5.91 Å². The first-order valence-electron chi connectivity index (χ1n) is 9.99. The van der Waals surface area contributed by atoms with Crippen molar-refractivity contribution in [3.8, 4) is 16.9 Å². The SMILES string of the molecule is CCN1CCCC1CNC(=O)c1cn(-c2ccccc2)nc1-c1ccccc1. The van der Waals surface area contributed by atoms with Crippen LogP contribution in [0.4, 0.5) is 0 Å². The molecule has 0 radical (unpaired) electrons. The molecule has 1 fully saturated rings. The number of likely N-dealkylation sites (tertiary alicyclic amines) is 1. The summed E-state index contributed by atoms with van der Waals surface area (Å²) in [5.41, 5.74) is 3.20. The van der Waals surface area contributed by atoms with Crippen LogP contribution in [0.25, 0.3) is 16.9 Å². The molecule has 1 unspecified atom stereocenters. The maximum Gasteiger partial charge on any atom is 0.255 e. The molecule has 0 spiro atoms. The van der Waals surface area contributed by atoms with Crippen LogP contribution in [0.5, 0.6) is 0 Å². The van der Waals surface area contributed by atoms with E-state index in [0.717, 1.165) is 30.8 Å². The average Bonchev–Trinajstić information content (AvgIpc) is 3.40. The largest absolute Gasteiger partial charge is 0.350 e. The van der Waals surface area contributed by atoms with Gasteiger partial charge in [0.05, 0.1) is 11.3 Å². The lowest BCUT2D eigenvalue weighted by atomic mass is 10.1. The molecule has 1 aliphatic heterocycles. The highest BCUT2D eigenvalue weighted by atomic mass is 16.1. The number of amides is 1. The van der Waals surface area contributed by atoms with Gasteiger partial charge in [-0.3, -0.25) is 9.69 Å². The van der Waals surface area contributed by atoms with Crippen LogP contribution in [-0.4, -0.2) is 46.3 Å². The van der Waals surface area contributed by atoms with E-state index in [0.29, 0.717) is 23.8 Å². The molecule has 4 rings (SSSR count). The van der Waals surface area contributed by atoms with Crippen LogP contribution < -0.4 is 5.32 Å². The number of hydrogen-bond acceptors (Lipinski definition) is 3. The molecular weight excluding hydrogens is 348 g/mol. The first-order chi connectivity index (χ1) is 13.8. The van der Waals surface area contributed by atoms with Crippen molar-refractivity contribution in [2.45, 2.75) is 25.8 Å². The molecule has 1 amide bonds. The molecule has 3 aromatic rings. The predicted octanol–water partition coefficient (Wildman–Crippen LogP) is 3.75. The highest BCUT2D eigenvalue weighted by molar-refractivity contribution is 5.99. The van der Waals surface area contributed by atoms with Gasteiger partial charge in [-0.05, 0) is 38.1 Å². The molecule has 1 aromatic heterocycles. The highest BCUT2D eigenvalue weighted by Crippen LogP contribution is 2.24. The number of carbonyl (C=O) groups excluding carboxylic acids is 1. The molecule has 0 saturated carbocycles. The lowest BCUT2D eigenvalue weighted by molar-refractivity contribution is 0.0942. The fraction of sp³-hybridized carbons (Fsp3) is 0.304. The third-order valence-corrected chi connectivity index (χ3v) is 5.43. The first kappa shape index (κ1) is 18.4. The number of rotatable bonds is 6. The number of benzene rings is 2. The molecule has 28 heavy (non-hydrogen) atoms. The fourth-order valence-corrected chi connectivity index (χ4v) is 3.91. The van der Waals surface area contributed by atoms with Crippen molar-refractivity contribution >= 4 is 5.91 Å². The summed E-state index contributed by atoms with van der Waals surface area (Å²) in [5, 5.41) is 7.87. The van der Waals surface area contributed by atoms with Crippen LogP contribution in [0, 0.1) is 0 Å². The van der Waals surface area contributed by atoms with Crippen LogP contribution >= 0.6 is 0 Å². The van der Waals surface area contributed by atoms with E-state index < -0.39 is 0 Å². The van der Waals surface area contributed by atoms with Crippen LogP contribution in [-0.2, 0) is 0 Å². The van der Waals surface area contributed by atoms with Crippen molar-refractivity contribution < 1.29 is 4.79 Å². The Bertz CT molecular complexity index is 920. The van der Waals surface area contributed by atoms with E-state index in [9.17, 15) is 4.79 Å². The summed E-state index contributed by atoms with van der Waals surface area (Å²) < 4.78 is 1.78. The minimum atomic E-state index is -0.0658. The van der Waals surface area contributed by atoms with Crippen LogP contribution in [0.15, 0.2) is 66.9 Å². The highest BCUT2D eigenvalue weighted by Gasteiger charge is 2.25. The minimum Gasteiger partial charge on any atom is -0.350 e. The lowest BCUT2D eigenvalue weighted by Gasteiger charge is -2.22. The topological polar surface area (TPSA) is 50.2 Å². The number of nitrogens with one attached hydrogen (secondary N) is 1. The molecule has 1 aliphatic rings. The molecule has 1 N–H and O–H groups in total. The second kappa shape index (κ2) is 8.40. The zero-order chi connectivity index (χ0) is 19.3. The Hall–Kier alpha value is -2.92. The lowest BCUT2D eigenvalue weighted by Crippen LogP contribution is -2.40. The van der Waals surface area contributed by atoms with E-state index in [1.807, 2.05) is 66.9 Å². The Balaban J connectivity index is 1.61. The van der Waals surface area contributed by atoms with E-state index in [1.54, 1.807) is 4.68 Å². The van der Waals surface area contributed by atoms with E-state index in [4.69, 9.17) is 5.10 Å². The number of hydrogen-bond donors (Lipinski definition) is 1. The van der Waals surface area contributed by atoms with E-state index in [2.05, 4.69) is 17.1 Å². The maximum atomic E-state index is 13.1. The van der Waals surface area contributed by atoms with Crippen molar-refractivity contribution in [1.82, 2.24) is 20.0 Å². The van der Waals surface area contributed by atoms with Gasteiger partial charge >= 0.3 is 0 Å². The smallest absolute Gasteiger partial charge is 0.255 e. The Labute approximate surface area is 166 Å². The molecule has 1 atom stereocenters. The summed E-state index contributed by atoms with van der Waals surface area (Å²) in [6.45, 7) is 5.01. The zero-order valence-corrected chi connectivity index (χ0v) is 16.2. The first-order valence-corrected chi connectivity index (χ1v) is 9.99. The second-order valence-electron chi connectivity index (χ2n) is 7.17. The van der Waals surface area contributed by atoms with Gasteiger partial charge in [0, 0.05) is 24.3 Å². The predicted molar refractivity (Wildman–Crippen MR) is 112 cm³/mol. The number of carbonyl (C=O) groups is 1. The van der Waals surface area contributed by atoms with Gasteiger partial charge in [0.1, 0.15) is 5.69 Å². The fourth-order valence-electron chi connectivity index (χ4n) is 3.91. The third kappa shape index (κ3) is 3.85. The molecule has 0 aliphatic carbocycles. The van der Waals surface area contributed by atoms with Gasteiger partial charge < -0.3 is 5.32 Å². The van der Waals surface area contributed by atoms with Gasteiger partial charge in [-0.1, -0.05) is 55.5 Å². The van der Waals surface area contributed by atoms with Crippen LogP contribution in [0.1, 0.15) is 30.1 Å². The van der Waals surface area contributed by atoms with Gasteiger partial charge in [-0.15, -0.1) is 0 Å². The summed E-state index contributed by atoms with van der Waals surface area (Å²) in [5.74, 6) is -0.0658. The van der Waals surface area contributed by atoms with E-state index >= 15 is 0 Å². The number of para-hydroxylation sites is 1. The molecule has 5 heteroatoms. The van der Waals surface area contributed by atoms with Crippen molar-refractivity contribution in [2.75, 3.05) is 19.6 Å². The Morgan fingerprint density at radius 1 is 1.11 bits per heavy atom. The van der Waals surface area contributed by atoms with E-state index in [-0.39, 0.29) is 5.91 Å². The number of nitrogens with zero attached hydrogens (tertiary/aromatic N) is 3. The standard InChI is InChI=1S/C23H26N4O/c1-2-26-15-9-14-20(26)16-24-23(28)21-17-27(19-12-7-4-8-13-19)25-22(21)18-10-5-3-6-11-18/h3-8,10-13,17,20H,2,9,14-16H2,1H3,(H,24,28). The van der Waals surface area contributed by atoms with Gasteiger partial charge in [0.15, 0.2) is 0 Å². The number of likely N-dealkylation sites (N-methyl/N-ethyl adjacent to an activating group) is 1. The van der Waals surface area contributed by atoms with Gasteiger partial charge in [0.2, 0.25) is 0 Å². The summed E-state index contributed by atoms with van der Waals surface area (Å²) in [7, 11) is 0. The summed E-state index contributed by atoms with van der Waals surface area (Å²) >= 11 is 0. The number of aromatic nitrogens is 2. The molecule has 2 heterocycles. The second-order valence-corrected chi connectivity index (χ2v) is 7.17. The minimum absolute atomic E-state index is 0.0658.